The first kappa shape index (κ1) is 27.8. The maximum absolute atomic E-state index is 13.7. The number of hydrogen-bond donors (Lipinski definition) is 5. The molecule has 1 aliphatic heterocycles. The van der Waals surface area contributed by atoms with Crippen molar-refractivity contribution in [3.8, 4) is 0 Å². The van der Waals surface area contributed by atoms with E-state index < -0.39 is 54.0 Å². The number of benzene rings is 2. The van der Waals surface area contributed by atoms with Gasteiger partial charge in [0, 0.05) is 13.0 Å². The summed E-state index contributed by atoms with van der Waals surface area (Å²) in [6, 6.07) is 14.2. The van der Waals surface area contributed by atoms with Crippen molar-refractivity contribution in [1.29, 1.82) is 0 Å². The molecule has 5 atom stereocenters. The summed E-state index contributed by atoms with van der Waals surface area (Å²) in [7, 11) is 0. The number of nitrogens with one attached hydrogen (secondary N) is 2. The van der Waals surface area contributed by atoms with Crippen molar-refractivity contribution in [1.82, 2.24) is 15.5 Å². The molecule has 0 bridgehead atoms. The van der Waals surface area contributed by atoms with Crippen molar-refractivity contribution in [2.24, 2.45) is 5.73 Å². The van der Waals surface area contributed by atoms with Crippen LogP contribution in [0.5, 0.6) is 0 Å². The summed E-state index contributed by atoms with van der Waals surface area (Å²) in [5.41, 5.74) is 7.86. The number of carbonyl (C=O) groups is 4. The van der Waals surface area contributed by atoms with Gasteiger partial charge in [-0.05, 0) is 37.3 Å². The van der Waals surface area contributed by atoms with E-state index in [4.69, 9.17) is 5.73 Å². The van der Waals surface area contributed by atoms with E-state index in [1.807, 2.05) is 60.7 Å². The fourth-order valence-corrected chi connectivity index (χ4v) is 4.43. The summed E-state index contributed by atoms with van der Waals surface area (Å²) in [5.74, 6) is -2.98. The standard InChI is InChI=1S/C27H34N4O6/c1-17(32)23(27(36)37)30-25(34)22-13-8-14-31(22)26(35)21(16-19-11-6-3-7-12-19)29-24(33)20(28)15-18-9-4-2-5-10-18/h2-7,9-12,17,20-23,32H,8,13-16,28H2,1H3,(H,29,33)(H,30,34)(H,36,37). The maximum Gasteiger partial charge on any atom is 0.328 e. The Morgan fingerprint density at radius 1 is 0.973 bits per heavy atom. The number of likely N-dealkylation sites (tertiary alicyclic amines) is 1. The lowest BCUT2D eigenvalue weighted by molar-refractivity contribution is -0.147. The van der Waals surface area contributed by atoms with Gasteiger partial charge < -0.3 is 31.5 Å². The smallest absolute Gasteiger partial charge is 0.328 e. The fourth-order valence-electron chi connectivity index (χ4n) is 4.43. The molecule has 1 heterocycles. The number of rotatable bonds is 11. The van der Waals surface area contributed by atoms with E-state index in [9.17, 15) is 29.4 Å². The van der Waals surface area contributed by atoms with Gasteiger partial charge in [-0.15, -0.1) is 0 Å². The Hall–Kier alpha value is -3.76. The number of aliphatic carboxylic acids is 1. The second kappa shape index (κ2) is 13.0. The highest BCUT2D eigenvalue weighted by molar-refractivity contribution is 5.94. The molecule has 3 amide bonds. The predicted molar refractivity (Wildman–Crippen MR) is 136 cm³/mol. The molecule has 1 aliphatic rings. The molecule has 2 aromatic carbocycles. The second-order valence-electron chi connectivity index (χ2n) is 9.30. The molecule has 2 aromatic rings. The van der Waals surface area contributed by atoms with Gasteiger partial charge in [-0.25, -0.2) is 4.79 Å². The van der Waals surface area contributed by atoms with E-state index in [0.29, 0.717) is 19.3 Å². The van der Waals surface area contributed by atoms with Crippen LogP contribution in [0.25, 0.3) is 0 Å². The van der Waals surface area contributed by atoms with Crippen molar-refractivity contribution in [2.75, 3.05) is 6.54 Å². The van der Waals surface area contributed by atoms with E-state index in [2.05, 4.69) is 10.6 Å². The molecule has 198 valence electrons. The molecule has 0 spiro atoms. The zero-order valence-corrected chi connectivity index (χ0v) is 20.7. The Balaban J connectivity index is 1.76. The van der Waals surface area contributed by atoms with Crippen molar-refractivity contribution in [2.45, 2.75) is 62.9 Å². The van der Waals surface area contributed by atoms with Gasteiger partial charge >= 0.3 is 5.97 Å². The Labute approximate surface area is 215 Å². The van der Waals surface area contributed by atoms with Gasteiger partial charge in [0.05, 0.1) is 12.1 Å². The Bertz CT molecular complexity index is 1080. The summed E-state index contributed by atoms with van der Waals surface area (Å²) in [6.45, 7) is 1.54. The number of hydrogen-bond acceptors (Lipinski definition) is 6. The third-order valence-corrected chi connectivity index (χ3v) is 6.42. The number of amides is 3. The highest BCUT2D eigenvalue weighted by atomic mass is 16.4. The average molecular weight is 511 g/mol. The van der Waals surface area contributed by atoms with Crippen molar-refractivity contribution >= 4 is 23.7 Å². The van der Waals surface area contributed by atoms with E-state index in [0.717, 1.165) is 11.1 Å². The largest absolute Gasteiger partial charge is 0.480 e. The Morgan fingerprint density at radius 2 is 1.54 bits per heavy atom. The average Bonchev–Trinajstić information content (AvgIpc) is 3.37. The van der Waals surface area contributed by atoms with Crippen LogP contribution < -0.4 is 16.4 Å². The summed E-state index contributed by atoms with van der Waals surface area (Å²) in [6.07, 6.45) is 0.0470. The molecule has 10 nitrogen and oxygen atoms in total. The molecule has 10 heteroatoms. The molecule has 1 fully saturated rings. The van der Waals surface area contributed by atoms with Gasteiger partial charge in [0.2, 0.25) is 17.7 Å². The SMILES string of the molecule is CC(O)C(NC(=O)C1CCCN1C(=O)C(Cc1ccccc1)NC(=O)C(N)Cc1ccccc1)C(=O)O. The molecule has 0 radical (unpaired) electrons. The van der Waals surface area contributed by atoms with E-state index in [-0.39, 0.29) is 13.0 Å². The number of aliphatic hydroxyl groups excluding tert-OH is 1. The van der Waals surface area contributed by atoms with Crippen molar-refractivity contribution in [3.05, 3.63) is 71.8 Å². The molecule has 37 heavy (non-hydrogen) atoms. The molecule has 0 saturated carbocycles. The van der Waals surface area contributed by atoms with Crippen LogP contribution in [-0.2, 0) is 32.0 Å². The maximum atomic E-state index is 13.7. The molecule has 5 unspecified atom stereocenters. The first-order chi connectivity index (χ1) is 17.7. The number of aliphatic hydroxyl groups is 1. The van der Waals surface area contributed by atoms with Gasteiger partial charge in [-0.3, -0.25) is 14.4 Å². The van der Waals surface area contributed by atoms with Gasteiger partial charge in [0.1, 0.15) is 12.1 Å². The third-order valence-electron chi connectivity index (χ3n) is 6.42. The van der Waals surface area contributed by atoms with Crippen LogP contribution in [-0.4, -0.2) is 75.6 Å². The number of nitrogens with zero attached hydrogens (tertiary/aromatic N) is 1. The van der Waals surface area contributed by atoms with Gasteiger partial charge in [0.25, 0.3) is 0 Å². The number of carboxylic acids is 1. The first-order valence-electron chi connectivity index (χ1n) is 12.3. The lowest BCUT2D eigenvalue weighted by atomic mass is 10.0. The van der Waals surface area contributed by atoms with Crippen LogP contribution in [0.2, 0.25) is 0 Å². The highest BCUT2D eigenvalue weighted by Crippen LogP contribution is 2.20. The van der Waals surface area contributed by atoms with Gasteiger partial charge in [-0.1, -0.05) is 60.7 Å². The summed E-state index contributed by atoms with van der Waals surface area (Å²) in [4.78, 5) is 52.4. The van der Waals surface area contributed by atoms with E-state index >= 15 is 0 Å². The molecular weight excluding hydrogens is 476 g/mol. The van der Waals surface area contributed by atoms with Crippen LogP contribution in [0.4, 0.5) is 0 Å². The minimum Gasteiger partial charge on any atom is -0.480 e. The zero-order chi connectivity index (χ0) is 26.9. The molecular formula is C27H34N4O6. The topological polar surface area (TPSA) is 162 Å². The molecule has 0 aliphatic carbocycles. The van der Waals surface area contributed by atoms with E-state index in [1.165, 1.54) is 11.8 Å². The van der Waals surface area contributed by atoms with Crippen LogP contribution >= 0.6 is 0 Å². The van der Waals surface area contributed by atoms with Crippen LogP contribution in [0.3, 0.4) is 0 Å². The minimum atomic E-state index is -1.50. The van der Waals surface area contributed by atoms with Crippen molar-refractivity contribution < 1.29 is 29.4 Å². The summed E-state index contributed by atoms with van der Waals surface area (Å²) in [5, 5.41) is 24.1. The lowest BCUT2D eigenvalue weighted by Gasteiger charge is -2.30. The zero-order valence-electron chi connectivity index (χ0n) is 20.7. The fraction of sp³-hybridized carbons (Fsp3) is 0.407. The Kier molecular flexibility index (Phi) is 9.76. The quantitative estimate of drug-likeness (QED) is 0.289. The number of carboxylic acid groups (broad SMARTS) is 1. The van der Waals surface area contributed by atoms with Crippen LogP contribution in [0.1, 0.15) is 30.9 Å². The van der Waals surface area contributed by atoms with Gasteiger partial charge in [0.15, 0.2) is 6.04 Å². The molecule has 1 saturated heterocycles. The summed E-state index contributed by atoms with van der Waals surface area (Å²) < 4.78 is 0. The first-order valence-corrected chi connectivity index (χ1v) is 12.3. The minimum absolute atomic E-state index is 0.194. The molecule has 0 aromatic heterocycles. The third kappa shape index (κ3) is 7.61. The molecule has 3 rings (SSSR count). The predicted octanol–water partition coefficient (Wildman–Crippen LogP) is 0.225. The monoisotopic (exact) mass is 510 g/mol. The number of carbonyl (C=O) groups excluding carboxylic acids is 3. The normalized spacial score (nSPS) is 18.4. The lowest BCUT2D eigenvalue weighted by Crippen LogP contribution is -2.58. The van der Waals surface area contributed by atoms with Crippen molar-refractivity contribution in [3.63, 3.8) is 0 Å². The highest BCUT2D eigenvalue weighted by Gasteiger charge is 2.39. The van der Waals surface area contributed by atoms with Crippen LogP contribution in [0.15, 0.2) is 60.7 Å². The van der Waals surface area contributed by atoms with Gasteiger partial charge in [-0.2, -0.15) is 0 Å². The van der Waals surface area contributed by atoms with E-state index in [1.54, 1.807) is 0 Å². The second-order valence-corrected chi connectivity index (χ2v) is 9.30. The summed E-state index contributed by atoms with van der Waals surface area (Å²) >= 11 is 0. The van der Waals surface area contributed by atoms with Crippen LogP contribution in [0, 0.1) is 0 Å². The molecule has 6 N–H and O–H groups in total. The number of nitrogens with two attached hydrogens (primary N) is 1. The Morgan fingerprint density at radius 3 is 2.08 bits per heavy atom.